The Morgan fingerprint density at radius 3 is 2.73 bits per heavy atom. The van der Waals surface area contributed by atoms with Crippen LogP contribution in [-0.4, -0.2) is 27.7 Å². The molecule has 33 heavy (non-hydrogen) atoms. The van der Waals surface area contributed by atoms with Crippen molar-refractivity contribution in [2.45, 2.75) is 50.9 Å². The maximum absolute atomic E-state index is 12.6. The second-order valence-electron chi connectivity index (χ2n) is 8.46. The molecule has 0 aliphatic heterocycles. The van der Waals surface area contributed by atoms with Gasteiger partial charge in [-0.15, -0.1) is 0 Å². The summed E-state index contributed by atoms with van der Waals surface area (Å²) in [6.45, 7) is 2.00. The summed E-state index contributed by atoms with van der Waals surface area (Å²) in [6, 6.07) is 11.5. The fourth-order valence-electron chi connectivity index (χ4n) is 4.97. The number of aryl methyl sites for hydroxylation is 1. The maximum Gasteiger partial charge on any atom is 0.251 e. The number of rotatable bonds is 4. The molecule has 8 heteroatoms. The highest BCUT2D eigenvalue weighted by molar-refractivity contribution is 9.10. The van der Waals surface area contributed by atoms with E-state index in [1.165, 1.54) is 0 Å². The molecule has 1 saturated carbocycles. The predicted molar refractivity (Wildman–Crippen MR) is 132 cm³/mol. The lowest BCUT2D eigenvalue weighted by Crippen LogP contribution is -2.21. The molecule has 1 aromatic carbocycles. The van der Waals surface area contributed by atoms with Crippen LogP contribution in [0.1, 0.15) is 76.7 Å². The van der Waals surface area contributed by atoms with Gasteiger partial charge in [0.15, 0.2) is 5.82 Å². The van der Waals surface area contributed by atoms with E-state index in [9.17, 15) is 10.1 Å². The van der Waals surface area contributed by atoms with Gasteiger partial charge in [0.25, 0.3) is 5.91 Å². The van der Waals surface area contributed by atoms with Gasteiger partial charge in [-0.2, -0.15) is 10.4 Å². The second kappa shape index (κ2) is 10.1. The van der Waals surface area contributed by atoms with Crippen LogP contribution >= 0.6 is 27.5 Å². The Morgan fingerprint density at radius 2 is 2.00 bits per heavy atom. The molecule has 2 heterocycles. The number of hydrogen-bond acceptors (Lipinski definition) is 4. The molecule has 1 N–H and O–H groups in total. The normalized spacial score (nSPS) is 18.4. The average Bonchev–Trinajstić information content (AvgIpc) is 3.03. The van der Waals surface area contributed by atoms with E-state index < -0.39 is 0 Å². The van der Waals surface area contributed by atoms with Crippen LogP contribution in [0.25, 0.3) is 5.82 Å². The second-order valence-corrected chi connectivity index (χ2v) is 9.68. The summed E-state index contributed by atoms with van der Waals surface area (Å²) < 4.78 is 2.60. The third-order valence-electron chi connectivity index (χ3n) is 6.43. The van der Waals surface area contributed by atoms with Crippen LogP contribution in [0.3, 0.4) is 0 Å². The van der Waals surface area contributed by atoms with Crippen LogP contribution in [0.4, 0.5) is 0 Å². The highest BCUT2D eigenvalue weighted by atomic mass is 79.9. The van der Waals surface area contributed by atoms with Crippen molar-refractivity contribution in [3.63, 3.8) is 0 Å². The Hall–Kier alpha value is -2.69. The van der Waals surface area contributed by atoms with Gasteiger partial charge < -0.3 is 5.32 Å². The van der Waals surface area contributed by atoms with Crippen molar-refractivity contribution >= 4 is 33.4 Å². The lowest BCUT2D eigenvalue weighted by molar-refractivity contribution is 0.0961. The number of hydrogen-bond donors (Lipinski definition) is 1. The standard InChI is InChI=1S/C25H25BrClN5O/c1-15-11-16(14-28)12-19(25(33)29-2)23(15)18-6-3-5-17(8-9-18)21-13-22(26)31-32(21)24-20(27)7-4-10-30-24/h4,7,10-13,17-18H,3,5-6,8-9H2,1-2H3,(H,29,33). The number of amides is 1. The first kappa shape index (κ1) is 23.5. The average molecular weight is 527 g/mol. The maximum atomic E-state index is 12.6. The van der Waals surface area contributed by atoms with Gasteiger partial charge >= 0.3 is 0 Å². The number of nitrogens with zero attached hydrogens (tertiary/aromatic N) is 4. The van der Waals surface area contributed by atoms with Crippen molar-refractivity contribution in [3.05, 3.63) is 74.1 Å². The van der Waals surface area contributed by atoms with Gasteiger partial charge in [0, 0.05) is 24.7 Å². The fraction of sp³-hybridized carbons (Fsp3) is 0.360. The van der Waals surface area contributed by atoms with Gasteiger partial charge in [0.1, 0.15) is 4.60 Å². The highest BCUT2D eigenvalue weighted by Crippen LogP contribution is 2.42. The number of benzene rings is 1. The molecule has 0 radical (unpaired) electrons. The number of halogens is 2. The van der Waals surface area contributed by atoms with Crippen LogP contribution in [0.5, 0.6) is 0 Å². The van der Waals surface area contributed by atoms with Crippen molar-refractivity contribution in [2.24, 2.45) is 0 Å². The van der Waals surface area contributed by atoms with E-state index in [1.54, 1.807) is 19.3 Å². The molecule has 0 spiro atoms. The van der Waals surface area contributed by atoms with Gasteiger partial charge in [0.05, 0.1) is 22.3 Å². The van der Waals surface area contributed by atoms with Crippen LogP contribution in [-0.2, 0) is 0 Å². The molecule has 3 aromatic rings. The number of aromatic nitrogens is 3. The van der Waals surface area contributed by atoms with Crippen LogP contribution < -0.4 is 5.32 Å². The minimum atomic E-state index is -0.141. The lowest BCUT2D eigenvalue weighted by atomic mass is 9.83. The van der Waals surface area contributed by atoms with Gasteiger partial charge in [-0.3, -0.25) is 4.79 Å². The molecule has 170 valence electrons. The summed E-state index contributed by atoms with van der Waals surface area (Å²) >= 11 is 9.94. The number of carbonyl (C=O) groups is 1. The topological polar surface area (TPSA) is 83.6 Å². The summed E-state index contributed by atoms with van der Waals surface area (Å²) in [4.78, 5) is 17.1. The predicted octanol–water partition coefficient (Wildman–Crippen LogP) is 6.05. The molecule has 2 aromatic heterocycles. The molecule has 0 bridgehead atoms. The van der Waals surface area contributed by atoms with Crippen molar-refractivity contribution in [1.82, 2.24) is 20.1 Å². The van der Waals surface area contributed by atoms with Gasteiger partial charge in [-0.25, -0.2) is 9.67 Å². The third-order valence-corrected chi connectivity index (χ3v) is 7.11. The first-order valence-electron chi connectivity index (χ1n) is 11.1. The van der Waals surface area contributed by atoms with E-state index >= 15 is 0 Å². The molecular weight excluding hydrogens is 502 g/mol. The van der Waals surface area contributed by atoms with Gasteiger partial charge in [-0.05, 0) is 95.9 Å². The van der Waals surface area contributed by atoms with E-state index in [4.69, 9.17) is 11.6 Å². The number of nitrogens with one attached hydrogen (secondary N) is 1. The van der Waals surface area contributed by atoms with Gasteiger partial charge in [-0.1, -0.05) is 18.0 Å². The molecule has 2 atom stereocenters. The fourth-order valence-corrected chi connectivity index (χ4v) is 5.57. The van der Waals surface area contributed by atoms with E-state index in [-0.39, 0.29) is 11.8 Å². The van der Waals surface area contributed by atoms with Crippen molar-refractivity contribution in [3.8, 4) is 11.9 Å². The molecule has 4 rings (SSSR count). The molecule has 1 fully saturated rings. The Bertz CT molecular complexity index is 1230. The Morgan fingerprint density at radius 1 is 1.24 bits per heavy atom. The van der Waals surface area contributed by atoms with Crippen molar-refractivity contribution in [2.75, 3.05) is 7.05 Å². The number of nitriles is 1. The van der Waals surface area contributed by atoms with Crippen LogP contribution in [0.2, 0.25) is 5.02 Å². The number of pyridine rings is 1. The van der Waals surface area contributed by atoms with E-state index in [0.717, 1.165) is 53.5 Å². The quantitative estimate of drug-likeness (QED) is 0.419. The van der Waals surface area contributed by atoms with E-state index in [1.807, 2.05) is 29.8 Å². The summed E-state index contributed by atoms with van der Waals surface area (Å²) in [6.07, 6.45) is 6.66. The Kier molecular flexibility index (Phi) is 7.16. The summed E-state index contributed by atoms with van der Waals surface area (Å²) in [5.74, 6) is 1.05. The zero-order chi connectivity index (χ0) is 23.5. The van der Waals surface area contributed by atoms with Crippen molar-refractivity contribution in [1.29, 1.82) is 5.26 Å². The summed E-state index contributed by atoms with van der Waals surface area (Å²) in [7, 11) is 1.63. The van der Waals surface area contributed by atoms with Gasteiger partial charge in [0.2, 0.25) is 0 Å². The van der Waals surface area contributed by atoms with Crippen molar-refractivity contribution < 1.29 is 4.79 Å². The molecule has 0 saturated heterocycles. The smallest absolute Gasteiger partial charge is 0.251 e. The third kappa shape index (κ3) is 4.83. The minimum absolute atomic E-state index is 0.141. The zero-order valence-electron chi connectivity index (χ0n) is 18.6. The molecule has 2 unspecified atom stereocenters. The Labute approximate surface area is 207 Å². The lowest BCUT2D eigenvalue weighted by Gasteiger charge is -2.21. The monoisotopic (exact) mass is 525 g/mol. The molecule has 1 aliphatic carbocycles. The van der Waals surface area contributed by atoms with E-state index in [0.29, 0.717) is 27.9 Å². The zero-order valence-corrected chi connectivity index (χ0v) is 20.9. The van der Waals surface area contributed by atoms with Crippen LogP contribution in [0, 0.1) is 18.3 Å². The first-order valence-corrected chi connectivity index (χ1v) is 12.2. The van der Waals surface area contributed by atoms with E-state index in [2.05, 4.69) is 43.5 Å². The largest absolute Gasteiger partial charge is 0.355 e. The Balaban J connectivity index is 1.65. The first-order chi connectivity index (χ1) is 15.9. The molecule has 1 amide bonds. The molecule has 1 aliphatic rings. The summed E-state index contributed by atoms with van der Waals surface area (Å²) in [5, 5.41) is 17.3. The molecular formula is C25H25BrClN5O. The summed E-state index contributed by atoms with van der Waals surface area (Å²) in [5.41, 5.74) is 4.29. The highest BCUT2D eigenvalue weighted by Gasteiger charge is 2.28. The minimum Gasteiger partial charge on any atom is -0.355 e. The SMILES string of the molecule is CNC(=O)c1cc(C#N)cc(C)c1C1CCCC(c2cc(Br)nn2-c2ncccc2Cl)CC1. The molecule has 6 nitrogen and oxygen atoms in total. The number of carbonyl (C=O) groups excluding carboxylic acids is 1. The van der Waals surface area contributed by atoms with Crippen LogP contribution in [0.15, 0.2) is 41.1 Å².